The number of aromatic nitrogens is 1. The number of benzene rings is 1. The molecule has 1 atom stereocenters. The van der Waals surface area contributed by atoms with Crippen LogP contribution in [0, 0.1) is 0 Å². The Morgan fingerprint density at radius 2 is 2.00 bits per heavy atom. The summed E-state index contributed by atoms with van der Waals surface area (Å²) in [5.41, 5.74) is 1.15. The van der Waals surface area contributed by atoms with Crippen molar-refractivity contribution < 1.29 is 9.53 Å². The smallest absolute Gasteiger partial charge is 0.258 e. The summed E-state index contributed by atoms with van der Waals surface area (Å²) in [4.78, 5) is 14.1. The minimum absolute atomic E-state index is 0.0189. The Morgan fingerprint density at radius 3 is 2.57 bits per heavy atom. The molecule has 1 unspecified atom stereocenters. The summed E-state index contributed by atoms with van der Waals surface area (Å²) in [6, 6.07) is 11.1. The molecule has 23 heavy (non-hydrogen) atoms. The van der Waals surface area contributed by atoms with Crippen molar-refractivity contribution in [2.45, 2.75) is 6.04 Å². The molecule has 1 aromatic heterocycles. The van der Waals surface area contributed by atoms with Gasteiger partial charge in [0.1, 0.15) is 5.75 Å². The molecule has 0 saturated carbocycles. The van der Waals surface area contributed by atoms with Crippen LogP contribution >= 0.6 is 11.6 Å². The van der Waals surface area contributed by atoms with Crippen LogP contribution in [0.5, 0.6) is 5.75 Å². The summed E-state index contributed by atoms with van der Waals surface area (Å²) < 4.78 is 7.50. The summed E-state index contributed by atoms with van der Waals surface area (Å²) in [5.74, 6) is 0.470. The second kappa shape index (κ2) is 8.04. The minimum atomic E-state index is -0.152. The molecule has 0 bridgehead atoms. The highest BCUT2D eigenvalue weighted by atomic mass is 35.5. The summed E-state index contributed by atoms with van der Waals surface area (Å²) in [7, 11) is 5.99. The highest BCUT2D eigenvalue weighted by molar-refractivity contribution is 6.30. The van der Waals surface area contributed by atoms with E-state index in [1.807, 2.05) is 33.4 Å². The van der Waals surface area contributed by atoms with Crippen LogP contribution in [0.1, 0.15) is 11.7 Å². The fourth-order valence-electron chi connectivity index (χ4n) is 2.31. The molecule has 1 amide bonds. The van der Waals surface area contributed by atoms with Gasteiger partial charge in [-0.25, -0.2) is 0 Å². The first-order valence-corrected chi connectivity index (χ1v) is 7.78. The third kappa shape index (κ3) is 5.01. The van der Waals surface area contributed by atoms with Crippen molar-refractivity contribution in [2.75, 3.05) is 27.2 Å². The molecule has 0 radical (unpaired) electrons. The van der Waals surface area contributed by atoms with Crippen molar-refractivity contribution in [1.82, 2.24) is 14.8 Å². The highest BCUT2D eigenvalue weighted by Gasteiger charge is 2.17. The standard InChI is InChI=1S/C17H22ClN3O2/c1-20(2)16(15-5-4-10-21(15)3)11-19-17(22)12-23-14-8-6-13(18)7-9-14/h4-10,16H,11-12H2,1-3H3,(H,19,22). The molecule has 2 rings (SSSR count). The van der Waals surface area contributed by atoms with Crippen LogP contribution in [0.4, 0.5) is 0 Å². The van der Waals surface area contributed by atoms with E-state index in [4.69, 9.17) is 16.3 Å². The number of nitrogens with one attached hydrogen (secondary N) is 1. The second-order valence-corrected chi connectivity index (χ2v) is 6.01. The summed E-state index contributed by atoms with van der Waals surface area (Å²) in [6.07, 6.45) is 2.00. The molecular formula is C17H22ClN3O2. The Balaban J connectivity index is 1.84. The van der Waals surface area contributed by atoms with E-state index in [2.05, 4.69) is 20.9 Å². The third-order valence-corrected chi connectivity index (χ3v) is 3.88. The van der Waals surface area contributed by atoms with E-state index in [-0.39, 0.29) is 18.6 Å². The van der Waals surface area contributed by atoms with Gasteiger partial charge in [0.05, 0.1) is 6.04 Å². The van der Waals surface area contributed by atoms with Crippen LogP contribution < -0.4 is 10.1 Å². The van der Waals surface area contributed by atoms with Gasteiger partial charge in [-0.2, -0.15) is 0 Å². The van der Waals surface area contributed by atoms with E-state index < -0.39 is 0 Å². The molecule has 0 fully saturated rings. The first-order valence-electron chi connectivity index (χ1n) is 7.40. The van der Waals surface area contributed by atoms with Crippen LogP contribution in [0.15, 0.2) is 42.6 Å². The lowest BCUT2D eigenvalue weighted by atomic mass is 10.2. The average Bonchev–Trinajstić information content (AvgIpc) is 2.93. The van der Waals surface area contributed by atoms with E-state index in [0.29, 0.717) is 17.3 Å². The number of amides is 1. The zero-order valence-corrected chi connectivity index (χ0v) is 14.4. The largest absolute Gasteiger partial charge is 0.484 e. The molecule has 0 spiro atoms. The fourth-order valence-corrected chi connectivity index (χ4v) is 2.44. The van der Waals surface area contributed by atoms with Gasteiger partial charge in [0.2, 0.25) is 0 Å². The molecule has 1 N–H and O–H groups in total. The van der Waals surface area contributed by atoms with Gasteiger partial charge in [-0.1, -0.05) is 11.6 Å². The Morgan fingerprint density at radius 1 is 1.30 bits per heavy atom. The first kappa shape index (κ1) is 17.4. The topological polar surface area (TPSA) is 46.5 Å². The summed E-state index contributed by atoms with van der Waals surface area (Å²) in [5, 5.41) is 3.55. The minimum Gasteiger partial charge on any atom is -0.484 e. The molecule has 0 aliphatic heterocycles. The van der Waals surface area contributed by atoms with E-state index in [1.165, 1.54) is 0 Å². The quantitative estimate of drug-likeness (QED) is 0.845. The van der Waals surface area contributed by atoms with Crippen LogP contribution in [0.25, 0.3) is 0 Å². The van der Waals surface area contributed by atoms with E-state index >= 15 is 0 Å². The average molecular weight is 336 g/mol. The number of hydrogen-bond donors (Lipinski definition) is 1. The Bertz CT molecular complexity index is 638. The van der Waals surface area contributed by atoms with Gasteiger partial charge in [-0.3, -0.25) is 9.69 Å². The molecule has 124 valence electrons. The molecule has 1 aromatic carbocycles. The monoisotopic (exact) mass is 335 g/mol. The number of carbonyl (C=O) groups is 1. The number of carbonyl (C=O) groups excluding carboxylic acids is 1. The van der Waals surface area contributed by atoms with Gasteiger partial charge in [0.15, 0.2) is 6.61 Å². The molecule has 0 aliphatic carbocycles. The molecule has 6 heteroatoms. The van der Waals surface area contributed by atoms with Crippen LogP contribution in [0.2, 0.25) is 5.02 Å². The molecule has 5 nitrogen and oxygen atoms in total. The Kier molecular flexibility index (Phi) is 6.07. The maximum Gasteiger partial charge on any atom is 0.258 e. The van der Waals surface area contributed by atoms with Crippen molar-refractivity contribution >= 4 is 17.5 Å². The lowest BCUT2D eigenvalue weighted by Gasteiger charge is -2.25. The maximum atomic E-state index is 12.0. The molecule has 1 heterocycles. The van der Waals surface area contributed by atoms with Crippen LogP contribution in [-0.2, 0) is 11.8 Å². The predicted molar refractivity (Wildman–Crippen MR) is 91.8 cm³/mol. The highest BCUT2D eigenvalue weighted by Crippen LogP contribution is 2.17. The zero-order chi connectivity index (χ0) is 16.8. The maximum absolute atomic E-state index is 12.0. The van der Waals surface area contributed by atoms with Gasteiger partial charge >= 0.3 is 0 Å². The lowest BCUT2D eigenvalue weighted by Crippen LogP contribution is -2.37. The number of ether oxygens (including phenoxy) is 1. The molecule has 2 aromatic rings. The SMILES string of the molecule is CN(C)C(CNC(=O)COc1ccc(Cl)cc1)c1cccn1C. The van der Waals surface area contributed by atoms with Gasteiger partial charge < -0.3 is 14.6 Å². The number of likely N-dealkylation sites (N-methyl/N-ethyl adjacent to an activating group) is 1. The van der Waals surface area contributed by atoms with E-state index in [9.17, 15) is 4.79 Å². The summed E-state index contributed by atoms with van der Waals surface area (Å²) in [6.45, 7) is 0.503. The number of hydrogen-bond acceptors (Lipinski definition) is 3. The van der Waals surface area contributed by atoms with Crippen LogP contribution in [-0.4, -0.2) is 42.6 Å². The lowest BCUT2D eigenvalue weighted by molar-refractivity contribution is -0.123. The predicted octanol–water partition coefficient (Wildman–Crippen LogP) is 2.48. The Labute approximate surface area is 141 Å². The Hall–Kier alpha value is -1.98. The van der Waals surface area contributed by atoms with Crippen molar-refractivity contribution in [2.24, 2.45) is 7.05 Å². The van der Waals surface area contributed by atoms with Crippen molar-refractivity contribution in [3.8, 4) is 5.75 Å². The third-order valence-electron chi connectivity index (χ3n) is 3.62. The zero-order valence-electron chi connectivity index (χ0n) is 13.6. The fraction of sp³-hybridized carbons (Fsp3) is 0.353. The van der Waals surface area contributed by atoms with Crippen LogP contribution in [0.3, 0.4) is 0 Å². The van der Waals surface area contributed by atoms with Crippen molar-refractivity contribution in [1.29, 1.82) is 0 Å². The van der Waals surface area contributed by atoms with Gasteiger partial charge in [0.25, 0.3) is 5.91 Å². The molecular weight excluding hydrogens is 314 g/mol. The molecule has 0 aliphatic rings. The van der Waals surface area contributed by atoms with Gasteiger partial charge in [0, 0.05) is 30.5 Å². The summed E-state index contributed by atoms with van der Waals surface area (Å²) >= 11 is 5.81. The molecule has 0 saturated heterocycles. The van der Waals surface area contributed by atoms with Crippen molar-refractivity contribution in [3.63, 3.8) is 0 Å². The first-order chi connectivity index (χ1) is 11.0. The second-order valence-electron chi connectivity index (χ2n) is 5.57. The van der Waals surface area contributed by atoms with Gasteiger partial charge in [-0.15, -0.1) is 0 Å². The van der Waals surface area contributed by atoms with E-state index in [1.54, 1.807) is 24.3 Å². The van der Waals surface area contributed by atoms with E-state index in [0.717, 1.165) is 5.69 Å². The normalized spacial score (nSPS) is 12.2. The number of halogens is 1. The van der Waals surface area contributed by atoms with Crippen molar-refractivity contribution in [3.05, 3.63) is 53.3 Å². The number of aryl methyl sites for hydroxylation is 1. The number of rotatable bonds is 7. The number of nitrogens with zero attached hydrogens (tertiary/aromatic N) is 2. The van der Waals surface area contributed by atoms with Gasteiger partial charge in [-0.05, 0) is 50.5 Å².